The van der Waals surface area contributed by atoms with E-state index in [1.807, 2.05) is 6.07 Å². The molecule has 0 saturated heterocycles. The molecule has 2 aromatic carbocycles. The summed E-state index contributed by atoms with van der Waals surface area (Å²) in [6.07, 6.45) is 0. The summed E-state index contributed by atoms with van der Waals surface area (Å²) in [5.41, 5.74) is 8.18. The van der Waals surface area contributed by atoms with Gasteiger partial charge in [-0.05, 0) is 35.9 Å². The van der Waals surface area contributed by atoms with Crippen LogP contribution in [0.3, 0.4) is 0 Å². The van der Waals surface area contributed by atoms with Gasteiger partial charge in [-0.1, -0.05) is 18.2 Å². The quantitative estimate of drug-likeness (QED) is 0.551. The number of primary amides is 1. The molecule has 1 heterocycles. The number of hydrogen-bond donors (Lipinski definition) is 2. The van der Waals surface area contributed by atoms with Gasteiger partial charge in [0.1, 0.15) is 17.1 Å². The van der Waals surface area contributed by atoms with Crippen molar-refractivity contribution in [3.63, 3.8) is 0 Å². The van der Waals surface area contributed by atoms with E-state index < -0.39 is 5.91 Å². The molecule has 0 bridgehead atoms. The second-order valence-corrected chi connectivity index (χ2v) is 5.73. The Hall–Kier alpha value is -3.60. The van der Waals surface area contributed by atoms with Crippen LogP contribution in [-0.4, -0.2) is 11.0 Å². The lowest BCUT2D eigenvalue weighted by atomic mass is 9.90. The number of hydrogen-bond acceptors (Lipinski definition) is 4. The van der Waals surface area contributed by atoms with Gasteiger partial charge in [-0.15, -0.1) is 0 Å². The van der Waals surface area contributed by atoms with Gasteiger partial charge >= 0.3 is 0 Å². The minimum Gasteiger partial charge on any atom is -0.508 e. The summed E-state index contributed by atoms with van der Waals surface area (Å²) < 4.78 is 5.79. The van der Waals surface area contributed by atoms with E-state index in [0.717, 1.165) is 5.56 Å². The molecule has 0 spiro atoms. The van der Waals surface area contributed by atoms with E-state index >= 15 is 0 Å². The molecule has 1 amide bonds. The Balaban J connectivity index is 2.22. The van der Waals surface area contributed by atoms with Crippen LogP contribution in [0.2, 0.25) is 0 Å². The largest absolute Gasteiger partial charge is 0.508 e. The number of amides is 1. The molecular weight excluding hydrogens is 318 g/mol. The Morgan fingerprint density at radius 3 is 2.56 bits per heavy atom. The zero-order valence-corrected chi connectivity index (χ0v) is 13.0. The third-order valence-electron chi connectivity index (χ3n) is 4.14. The van der Waals surface area contributed by atoms with Crippen LogP contribution in [0.15, 0.2) is 69.9 Å². The van der Waals surface area contributed by atoms with Crippen LogP contribution < -0.4 is 11.2 Å². The SMILES string of the molecule is NC(=O)c1ccccc1-c1c2ccc(=O)cc-2oc2cc(O)ccc12. The number of nitrogens with two attached hydrogens (primary N) is 1. The predicted octanol–water partition coefficient (Wildman–Crippen LogP) is 3.37. The van der Waals surface area contributed by atoms with Gasteiger partial charge in [0.15, 0.2) is 5.43 Å². The van der Waals surface area contributed by atoms with Crippen LogP contribution in [0, 0.1) is 0 Å². The third-order valence-corrected chi connectivity index (χ3v) is 4.14. The Labute approximate surface area is 142 Å². The Morgan fingerprint density at radius 1 is 0.960 bits per heavy atom. The van der Waals surface area contributed by atoms with Crippen molar-refractivity contribution in [1.82, 2.24) is 0 Å². The van der Waals surface area contributed by atoms with Crippen molar-refractivity contribution in [2.75, 3.05) is 0 Å². The average Bonchev–Trinajstić information content (AvgIpc) is 2.59. The maximum absolute atomic E-state index is 11.9. The maximum Gasteiger partial charge on any atom is 0.249 e. The zero-order chi connectivity index (χ0) is 17.6. The van der Waals surface area contributed by atoms with Crippen LogP contribution >= 0.6 is 0 Å². The van der Waals surface area contributed by atoms with E-state index in [2.05, 4.69) is 0 Å². The van der Waals surface area contributed by atoms with Gasteiger partial charge < -0.3 is 15.3 Å². The molecule has 2 aromatic rings. The number of carbonyl (C=O) groups excluding carboxylic acids is 1. The summed E-state index contributed by atoms with van der Waals surface area (Å²) in [6, 6.07) is 16.2. The van der Waals surface area contributed by atoms with Gasteiger partial charge in [0.2, 0.25) is 5.91 Å². The van der Waals surface area contributed by atoms with Crippen LogP contribution in [0.5, 0.6) is 5.75 Å². The molecule has 122 valence electrons. The fourth-order valence-electron chi connectivity index (χ4n) is 3.07. The fourth-order valence-corrected chi connectivity index (χ4v) is 3.07. The number of rotatable bonds is 2. The third kappa shape index (κ3) is 2.42. The topological polar surface area (TPSA) is 93.5 Å². The van der Waals surface area contributed by atoms with Crippen molar-refractivity contribution in [1.29, 1.82) is 0 Å². The van der Waals surface area contributed by atoms with Crippen molar-refractivity contribution in [3.05, 3.63) is 76.5 Å². The summed E-state index contributed by atoms with van der Waals surface area (Å²) >= 11 is 0. The highest BCUT2D eigenvalue weighted by molar-refractivity contribution is 6.08. The standard InChI is InChI=1S/C20H13NO4/c21-20(24)14-4-2-1-3-13(14)19-15-7-5-11(22)9-17(15)25-18-10-12(23)6-8-16(18)19/h1-10,22H,(H2,21,24). The highest BCUT2D eigenvalue weighted by Gasteiger charge is 2.20. The molecule has 0 unspecified atom stereocenters. The van der Waals surface area contributed by atoms with Crippen LogP contribution in [0.1, 0.15) is 10.4 Å². The lowest BCUT2D eigenvalue weighted by Gasteiger charge is -2.16. The van der Waals surface area contributed by atoms with Crippen LogP contribution in [-0.2, 0) is 0 Å². The smallest absolute Gasteiger partial charge is 0.249 e. The molecule has 1 aliphatic heterocycles. The number of benzene rings is 3. The molecule has 5 nitrogen and oxygen atoms in total. The van der Waals surface area contributed by atoms with E-state index in [1.54, 1.807) is 36.4 Å². The summed E-state index contributed by atoms with van der Waals surface area (Å²) in [5, 5.41) is 10.5. The Kier molecular flexibility index (Phi) is 3.28. The first-order chi connectivity index (χ1) is 12.0. The highest BCUT2D eigenvalue weighted by atomic mass is 16.3. The number of carbonyl (C=O) groups is 1. The lowest BCUT2D eigenvalue weighted by Crippen LogP contribution is -2.12. The number of fused-ring (bicyclic) bond motifs is 2. The normalized spacial score (nSPS) is 11.0. The van der Waals surface area contributed by atoms with Crippen LogP contribution in [0.25, 0.3) is 33.4 Å². The molecule has 0 fully saturated rings. The molecule has 0 aromatic heterocycles. The fraction of sp³-hybridized carbons (Fsp3) is 0. The molecule has 2 aliphatic rings. The minimum absolute atomic E-state index is 0.0445. The van der Waals surface area contributed by atoms with E-state index in [4.69, 9.17) is 10.2 Å². The molecule has 0 atom stereocenters. The van der Waals surface area contributed by atoms with Crippen molar-refractivity contribution < 1.29 is 14.3 Å². The number of phenolic OH excluding ortho intramolecular Hbond substituents is 1. The van der Waals surface area contributed by atoms with Crippen molar-refractivity contribution in [2.24, 2.45) is 5.73 Å². The van der Waals surface area contributed by atoms with Crippen molar-refractivity contribution in [3.8, 4) is 28.2 Å². The van der Waals surface area contributed by atoms with E-state index in [9.17, 15) is 14.7 Å². The first-order valence-corrected chi connectivity index (χ1v) is 7.63. The number of phenols is 1. The van der Waals surface area contributed by atoms with E-state index in [-0.39, 0.29) is 11.2 Å². The van der Waals surface area contributed by atoms with Gasteiger partial charge in [-0.2, -0.15) is 0 Å². The molecule has 4 rings (SSSR count). The van der Waals surface area contributed by atoms with Gasteiger partial charge in [-0.3, -0.25) is 9.59 Å². The molecule has 0 radical (unpaired) electrons. The summed E-state index contributed by atoms with van der Waals surface area (Å²) in [7, 11) is 0. The molecule has 1 aliphatic carbocycles. The van der Waals surface area contributed by atoms with Gasteiger partial charge in [0, 0.05) is 34.2 Å². The minimum atomic E-state index is -0.545. The maximum atomic E-state index is 11.9. The summed E-state index contributed by atoms with van der Waals surface area (Å²) in [4.78, 5) is 23.6. The Morgan fingerprint density at radius 2 is 1.76 bits per heavy atom. The molecule has 0 saturated carbocycles. The van der Waals surface area contributed by atoms with Crippen molar-refractivity contribution in [2.45, 2.75) is 0 Å². The summed E-state index contributed by atoms with van der Waals surface area (Å²) in [5.74, 6) is -0.125. The van der Waals surface area contributed by atoms with Gasteiger partial charge in [0.05, 0.1) is 0 Å². The van der Waals surface area contributed by atoms with Gasteiger partial charge in [-0.25, -0.2) is 0 Å². The zero-order valence-electron chi connectivity index (χ0n) is 13.0. The lowest BCUT2D eigenvalue weighted by molar-refractivity contribution is 0.100. The van der Waals surface area contributed by atoms with E-state index in [0.29, 0.717) is 33.4 Å². The summed E-state index contributed by atoms with van der Waals surface area (Å²) in [6.45, 7) is 0. The Bertz CT molecular complexity index is 1160. The van der Waals surface area contributed by atoms with Crippen molar-refractivity contribution >= 4 is 16.9 Å². The highest BCUT2D eigenvalue weighted by Crippen LogP contribution is 2.41. The second-order valence-electron chi connectivity index (χ2n) is 5.73. The first kappa shape index (κ1) is 15.0. The molecule has 3 N–H and O–H groups in total. The molecular formula is C20H13NO4. The second kappa shape index (κ2) is 5.49. The number of aromatic hydroxyl groups is 1. The van der Waals surface area contributed by atoms with Gasteiger partial charge in [0.25, 0.3) is 0 Å². The van der Waals surface area contributed by atoms with E-state index in [1.165, 1.54) is 18.2 Å². The predicted molar refractivity (Wildman–Crippen MR) is 94.7 cm³/mol. The molecule has 5 heteroatoms. The molecule has 25 heavy (non-hydrogen) atoms. The first-order valence-electron chi connectivity index (χ1n) is 7.63. The monoisotopic (exact) mass is 331 g/mol. The average molecular weight is 331 g/mol. The van der Waals surface area contributed by atoms with Crippen LogP contribution in [0.4, 0.5) is 0 Å².